The number of rotatable bonds is 2. The van der Waals surface area contributed by atoms with Gasteiger partial charge in [-0.1, -0.05) is 0 Å². The van der Waals surface area contributed by atoms with Crippen LogP contribution in [0.5, 0.6) is 0 Å². The van der Waals surface area contributed by atoms with E-state index < -0.39 is 0 Å². The Morgan fingerprint density at radius 1 is 1.39 bits per heavy atom. The van der Waals surface area contributed by atoms with Crippen LogP contribution in [0.1, 0.15) is 15.9 Å². The van der Waals surface area contributed by atoms with Crippen LogP contribution in [0.25, 0.3) is 0 Å². The molecule has 5 nitrogen and oxygen atoms in total. The van der Waals surface area contributed by atoms with Gasteiger partial charge in [0.2, 0.25) is 5.91 Å². The third-order valence-electron chi connectivity index (χ3n) is 3.08. The van der Waals surface area contributed by atoms with E-state index in [-0.39, 0.29) is 12.5 Å². The fourth-order valence-electron chi connectivity index (χ4n) is 1.96. The lowest BCUT2D eigenvalue weighted by atomic mass is 10.1. The summed E-state index contributed by atoms with van der Waals surface area (Å²) < 4.78 is 0. The van der Waals surface area contributed by atoms with Gasteiger partial charge >= 0.3 is 0 Å². The molecule has 0 spiro atoms. The highest BCUT2D eigenvalue weighted by Crippen LogP contribution is 2.22. The summed E-state index contributed by atoms with van der Waals surface area (Å²) in [6.07, 6.45) is 0.708. The zero-order chi connectivity index (χ0) is 13.1. The SMILES string of the molecule is CN1CCN(c2ccc(C=O)cc2C#N)CC1=O. The molecule has 0 aromatic heterocycles. The molecule has 92 valence electrons. The summed E-state index contributed by atoms with van der Waals surface area (Å²) in [6.45, 7) is 1.60. The number of hydrogen-bond donors (Lipinski definition) is 0. The Bertz CT molecular complexity index is 534. The first kappa shape index (κ1) is 12.1. The van der Waals surface area contributed by atoms with Gasteiger partial charge in [0.05, 0.1) is 17.8 Å². The number of likely N-dealkylation sites (N-methyl/N-ethyl adjacent to an activating group) is 1. The molecule has 1 aromatic carbocycles. The molecule has 0 radical (unpaired) electrons. The molecule has 5 heteroatoms. The molecular formula is C13H13N3O2. The highest BCUT2D eigenvalue weighted by Gasteiger charge is 2.22. The number of carbonyl (C=O) groups excluding carboxylic acids is 2. The van der Waals surface area contributed by atoms with E-state index in [0.29, 0.717) is 36.2 Å². The van der Waals surface area contributed by atoms with E-state index in [1.165, 1.54) is 0 Å². The zero-order valence-electron chi connectivity index (χ0n) is 10.1. The number of benzene rings is 1. The molecule has 0 bridgehead atoms. The van der Waals surface area contributed by atoms with Gasteiger partial charge in [-0.15, -0.1) is 0 Å². The van der Waals surface area contributed by atoms with Crippen molar-refractivity contribution < 1.29 is 9.59 Å². The third kappa shape index (κ3) is 2.18. The minimum absolute atomic E-state index is 0.0320. The molecule has 1 heterocycles. The Morgan fingerprint density at radius 3 is 2.78 bits per heavy atom. The van der Waals surface area contributed by atoms with Gasteiger partial charge in [0.1, 0.15) is 12.4 Å². The van der Waals surface area contributed by atoms with Crippen molar-refractivity contribution in [1.29, 1.82) is 5.26 Å². The molecule has 1 aliphatic heterocycles. The monoisotopic (exact) mass is 243 g/mol. The van der Waals surface area contributed by atoms with E-state index in [4.69, 9.17) is 5.26 Å². The van der Waals surface area contributed by atoms with Crippen molar-refractivity contribution in [3.8, 4) is 6.07 Å². The predicted molar refractivity (Wildman–Crippen MR) is 66.4 cm³/mol. The van der Waals surface area contributed by atoms with Gasteiger partial charge in [0, 0.05) is 25.7 Å². The quantitative estimate of drug-likeness (QED) is 0.715. The fourth-order valence-corrected chi connectivity index (χ4v) is 1.96. The van der Waals surface area contributed by atoms with E-state index in [1.807, 2.05) is 4.90 Å². The van der Waals surface area contributed by atoms with E-state index >= 15 is 0 Å². The molecule has 0 atom stereocenters. The topological polar surface area (TPSA) is 64.4 Å². The summed E-state index contributed by atoms with van der Waals surface area (Å²) in [5, 5.41) is 9.10. The van der Waals surface area contributed by atoms with Crippen LogP contribution in [0.15, 0.2) is 18.2 Å². The predicted octanol–water partition coefficient (Wildman–Crippen LogP) is 0.649. The van der Waals surface area contributed by atoms with E-state index in [2.05, 4.69) is 6.07 Å². The standard InChI is InChI=1S/C13H13N3O2/c1-15-4-5-16(8-13(15)18)12-3-2-10(9-17)6-11(12)7-14/h2-3,6,9H,4-5,8H2,1H3. The molecule has 1 amide bonds. The molecule has 18 heavy (non-hydrogen) atoms. The third-order valence-corrected chi connectivity index (χ3v) is 3.08. The molecule has 1 aromatic rings. The largest absolute Gasteiger partial charge is 0.359 e. The maximum absolute atomic E-state index is 11.6. The molecule has 2 rings (SSSR count). The lowest BCUT2D eigenvalue weighted by Gasteiger charge is -2.33. The summed E-state index contributed by atoms with van der Waals surface area (Å²) >= 11 is 0. The van der Waals surface area contributed by atoms with Crippen molar-refractivity contribution in [1.82, 2.24) is 4.90 Å². The van der Waals surface area contributed by atoms with Gasteiger partial charge in [0.25, 0.3) is 0 Å². The number of aldehydes is 1. The number of nitriles is 1. The smallest absolute Gasteiger partial charge is 0.241 e. The van der Waals surface area contributed by atoms with Crippen molar-refractivity contribution in [3.05, 3.63) is 29.3 Å². The first-order chi connectivity index (χ1) is 8.65. The van der Waals surface area contributed by atoms with Crippen molar-refractivity contribution in [2.24, 2.45) is 0 Å². The normalized spacial score (nSPS) is 15.4. The number of amides is 1. The minimum Gasteiger partial charge on any atom is -0.359 e. The Balaban J connectivity index is 2.31. The van der Waals surface area contributed by atoms with Crippen LogP contribution in [-0.2, 0) is 4.79 Å². The van der Waals surface area contributed by atoms with Crippen LogP contribution in [0, 0.1) is 11.3 Å². The first-order valence-electron chi connectivity index (χ1n) is 5.64. The summed E-state index contributed by atoms with van der Waals surface area (Å²) in [5.74, 6) is 0.0320. The van der Waals surface area contributed by atoms with Crippen molar-refractivity contribution in [2.45, 2.75) is 0 Å². The molecule has 0 saturated carbocycles. The van der Waals surface area contributed by atoms with E-state index in [0.717, 1.165) is 0 Å². The zero-order valence-corrected chi connectivity index (χ0v) is 10.1. The summed E-state index contributed by atoms with van der Waals surface area (Å²) in [5.41, 5.74) is 1.61. The average Bonchev–Trinajstić information content (AvgIpc) is 2.41. The molecule has 1 saturated heterocycles. The van der Waals surface area contributed by atoms with Crippen LogP contribution in [-0.4, -0.2) is 43.8 Å². The molecule has 0 aliphatic carbocycles. The van der Waals surface area contributed by atoms with Gasteiger partial charge in [-0.3, -0.25) is 9.59 Å². The minimum atomic E-state index is 0.0320. The number of anilines is 1. The second kappa shape index (κ2) is 4.88. The number of hydrogen-bond acceptors (Lipinski definition) is 4. The van der Waals surface area contributed by atoms with Crippen LogP contribution in [0.4, 0.5) is 5.69 Å². The second-order valence-corrected chi connectivity index (χ2v) is 4.24. The Morgan fingerprint density at radius 2 is 2.17 bits per heavy atom. The van der Waals surface area contributed by atoms with Gasteiger partial charge < -0.3 is 9.80 Å². The second-order valence-electron chi connectivity index (χ2n) is 4.24. The van der Waals surface area contributed by atoms with Crippen LogP contribution < -0.4 is 4.90 Å². The van der Waals surface area contributed by atoms with Gasteiger partial charge in [0.15, 0.2) is 0 Å². The number of nitrogens with zero attached hydrogens (tertiary/aromatic N) is 3. The van der Waals surface area contributed by atoms with Gasteiger partial charge in [-0.2, -0.15) is 5.26 Å². The highest BCUT2D eigenvalue weighted by molar-refractivity contribution is 5.84. The van der Waals surface area contributed by atoms with Crippen LogP contribution >= 0.6 is 0 Å². The van der Waals surface area contributed by atoms with E-state index in [9.17, 15) is 9.59 Å². The first-order valence-corrected chi connectivity index (χ1v) is 5.64. The molecule has 1 aliphatic rings. The van der Waals surface area contributed by atoms with Crippen molar-refractivity contribution in [3.63, 3.8) is 0 Å². The average molecular weight is 243 g/mol. The van der Waals surface area contributed by atoms with Gasteiger partial charge in [-0.25, -0.2) is 0 Å². The maximum Gasteiger partial charge on any atom is 0.241 e. The van der Waals surface area contributed by atoms with Crippen molar-refractivity contribution >= 4 is 17.9 Å². The van der Waals surface area contributed by atoms with Crippen LogP contribution in [0.3, 0.4) is 0 Å². The number of carbonyl (C=O) groups is 2. The summed E-state index contributed by atoms with van der Waals surface area (Å²) in [6, 6.07) is 7.00. The Labute approximate surface area is 105 Å². The van der Waals surface area contributed by atoms with Gasteiger partial charge in [-0.05, 0) is 18.2 Å². The molecule has 1 fully saturated rings. The summed E-state index contributed by atoms with van der Waals surface area (Å²) in [4.78, 5) is 25.9. The Kier molecular flexibility index (Phi) is 3.28. The number of piperazine rings is 1. The Hall–Kier alpha value is -2.35. The molecule has 0 N–H and O–H groups in total. The van der Waals surface area contributed by atoms with Crippen molar-refractivity contribution in [2.75, 3.05) is 31.6 Å². The van der Waals surface area contributed by atoms with E-state index in [1.54, 1.807) is 30.1 Å². The lowest BCUT2D eigenvalue weighted by molar-refractivity contribution is -0.129. The lowest BCUT2D eigenvalue weighted by Crippen LogP contribution is -2.48. The summed E-state index contributed by atoms with van der Waals surface area (Å²) in [7, 11) is 1.76. The molecule has 0 unspecified atom stereocenters. The fraction of sp³-hybridized carbons (Fsp3) is 0.308. The van der Waals surface area contributed by atoms with Crippen LogP contribution in [0.2, 0.25) is 0 Å². The maximum atomic E-state index is 11.6. The molecular weight excluding hydrogens is 230 g/mol. The highest BCUT2D eigenvalue weighted by atomic mass is 16.2.